The molecule has 0 spiro atoms. The van der Waals surface area contributed by atoms with Crippen LogP contribution >= 0.6 is 11.3 Å². The van der Waals surface area contributed by atoms with Crippen LogP contribution in [0.4, 0.5) is 5.00 Å². The molecule has 0 unspecified atom stereocenters. The Hall–Kier alpha value is -2.68. The summed E-state index contributed by atoms with van der Waals surface area (Å²) in [6.45, 7) is -0.252. The van der Waals surface area contributed by atoms with Gasteiger partial charge in [0.25, 0.3) is 0 Å². The number of fused-ring (bicyclic) bond motifs is 1. The van der Waals surface area contributed by atoms with E-state index in [9.17, 15) is 14.4 Å². The van der Waals surface area contributed by atoms with Gasteiger partial charge in [0, 0.05) is 11.1 Å². The molecular weight excluding hydrogens is 358 g/mol. The van der Waals surface area contributed by atoms with Crippen molar-refractivity contribution in [3.63, 3.8) is 0 Å². The van der Waals surface area contributed by atoms with Crippen molar-refractivity contribution in [3.8, 4) is 0 Å². The van der Waals surface area contributed by atoms with E-state index in [4.69, 9.17) is 9.84 Å². The Balaban J connectivity index is 1.84. The largest absolute Gasteiger partial charge is 0.477 e. The number of anilines is 1. The van der Waals surface area contributed by atoms with Crippen molar-refractivity contribution in [2.45, 2.75) is 38.6 Å². The Kier molecular flexibility index (Phi) is 5.36. The van der Waals surface area contributed by atoms with E-state index in [1.54, 1.807) is 0 Å². The number of aromatic nitrogens is 2. The smallest absolute Gasteiger partial charge is 0.354 e. The first kappa shape index (κ1) is 18.1. The molecular formula is C17H19N3O5S. The van der Waals surface area contributed by atoms with E-state index in [-0.39, 0.29) is 12.2 Å². The first-order valence-electron chi connectivity index (χ1n) is 8.29. The lowest BCUT2D eigenvalue weighted by Crippen LogP contribution is -2.22. The van der Waals surface area contributed by atoms with Crippen LogP contribution in [0.5, 0.6) is 0 Å². The summed E-state index contributed by atoms with van der Waals surface area (Å²) < 4.78 is 6.01. The van der Waals surface area contributed by atoms with E-state index in [0.29, 0.717) is 10.6 Å². The summed E-state index contributed by atoms with van der Waals surface area (Å²) in [6.07, 6.45) is 6.15. The minimum atomic E-state index is -1.16. The summed E-state index contributed by atoms with van der Waals surface area (Å²) in [6, 6.07) is 1.32. The van der Waals surface area contributed by atoms with Gasteiger partial charge in [-0.3, -0.25) is 4.79 Å². The van der Waals surface area contributed by atoms with E-state index in [0.717, 1.165) is 47.2 Å². The molecule has 0 radical (unpaired) electrons. The summed E-state index contributed by atoms with van der Waals surface area (Å²) in [5.41, 5.74) is 1.30. The van der Waals surface area contributed by atoms with Crippen LogP contribution in [0.1, 0.15) is 50.5 Å². The fourth-order valence-electron chi connectivity index (χ4n) is 3.09. The molecule has 0 saturated carbocycles. The van der Waals surface area contributed by atoms with Crippen LogP contribution in [0.3, 0.4) is 0 Å². The van der Waals surface area contributed by atoms with Crippen molar-refractivity contribution in [1.29, 1.82) is 0 Å². The standard InChI is InChI=1S/C17H19N3O5S/c1-25-17(24)14-10-5-3-2-4-6-12(10)26-15(14)19-13(21)9-20-11(16(22)23)7-8-18-20/h7-8H,2-6,9H2,1H3,(H,19,21)(H,22,23). The van der Waals surface area contributed by atoms with Crippen molar-refractivity contribution < 1.29 is 24.2 Å². The van der Waals surface area contributed by atoms with Crippen molar-refractivity contribution in [1.82, 2.24) is 9.78 Å². The Bertz CT molecular complexity index is 855. The molecule has 0 saturated heterocycles. The van der Waals surface area contributed by atoms with Gasteiger partial charge in [0.15, 0.2) is 0 Å². The van der Waals surface area contributed by atoms with Crippen molar-refractivity contribution in [3.05, 3.63) is 34.0 Å². The summed E-state index contributed by atoms with van der Waals surface area (Å²) in [7, 11) is 1.32. The van der Waals surface area contributed by atoms with Gasteiger partial charge < -0.3 is 15.2 Å². The molecule has 1 aliphatic carbocycles. The quantitative estimate of drug-likeness (QED) is 0.611. The number of nitrogens with one attached hydrogen (secondary N) is 1. The number of aryl methyl sites for hydroxylation is 1. The Morgan fingerprint density at radius 2 is 2.08 bits per heavy atom. The van der Waals surface area contributed by atoms with E-state index in [2.05, 4.69) is 10.4 Å². The second-order valence-corrected chi connectivity index (χ2v) is 7.09. The van der Waals surface area contributed by atoms with Gasteiger partial charge in [-0.15, -0.1) is 11.3 Å². The van der Waals surface area contributed by atoms with Gasteiger partial charge in [-0.05, 0) is 37.3 Å². The van der Waals surface area contributed by atoms with E-state index >= 15 is 0 Å². The highest BCUT2D eigenvalue weighted by atomic mass is 32.1. The highest BCUT2D eigenvalue weighted by Gasteiger charge is 2.26. The van der Waals surface area contributed by atoms with E-state index < -0.39 is 17.8 Å². The molecule has 2 heterocycles. The molecule has 8 nitrogen and oxygen atoms in total. The highest BCUT2D eigenvalue weighted by molar-refractivity contribution is 7.17. The average Bonchev–Trinajstić information content (AvgIpc) is 3.12. The molecule has 0 aromatic carbocycles. The number of hydrogen-bond acceptors (Lipinski definition) is 6. The SMILES string of the molecule is COC(=O)c1c(NC(=O)Cn2nccc2C(=O)O)sc2c1CCCCC2. The molecule has 1 aliphatic rings. The third-order valence-electron chi connectivity index (χ3n) is 4.29. The number of carbonyl (C=O) groups is 3. The van der Waals surface area contributed by atoms with Crippen molar-refractivity contribution in [2.75, 3.05) is 12.4 Å². The summed E-state index contributed by atoms with van der Waals surface area (Å²) in [4.78, 5) is 36.9. The zero-order valence-corrected chi connectivity index (χ0v) is 15.1. The molecule has 26 heavy (non-hydrogen) atoms. The van der Waals surface area contributed by atoms with Crippen LogP contribution in [-0.2, 0) is 28.9 Å². The summed E-state index contributed by atoms with van der Waals surface area (Å²) in [5, 5.41) is 16.1. The van der Waals surface area contributed by atoms with E-state index in [1.165, 1.54) is 30.7 Å². The van der Waals surface area contributed by atoms with Crippen molar-refractivity contribution in [2.24, 2.45) is 0 Å². The fraction of sp³-hybridized carbons (Fsp3) is 0.412. The van der Waals surface area contributed by atoms with E-state index in [1.807, 2.05) is 0 Å². The third-order valence-corrected chi connectivity index (χ3v) is 5.50. The van der Waals surface area contributed by atoms with Crippen LogP contribution in [0, 0.1) is 0 Å². The molecule has 2 aromatic rings. The lowest BCUT2D eigenvalue weighted by Gasteiger charge is -2.08. The van der Waals surface area contributed by atoms with Gasteiger partial charge in [0.1, 0.15) is 17.2 Å². The molecule has 2 aromatic heterocycles. The number of thiophene rings is 1. The molecule has 0 atom stereocenters. The number of ether oxygens (including phenoxy) is 1. The van der Waals surface area contributed by atoms with Gasteiger partial charge in [0.2, 0.25) is 5.91 Å². The second-order valence-electron chi connectivity index (χ2n) is 5.99. The predicted octanol–water partition coefficient (Wildman–Crippen LogP) is 2.34. The van der Waals surface area contributed by atoms with Crippen LogP contribution in [0.2, 0.25) is 0 Å². The predicted molar refractivity (Wildman–Crippen MR) is 94.7 cm³/mol. The highest BCUT2D eigenvalue weighted by Crippen LogP contribution is 2.37. The molecule has 3 rings (SSSR count). The Labute approximate surface area is 153 Å². The zero-order valence-electron chi connectivity index (χ0n) is 14.3. The number of carboxylic acids is 1. The first-order valence-corrected chi connectivity index (χ1v) is 9.10. The lowest BCUT2D eigenvalue weighted by atomic mass is 10.1. The Morgan fingerprint density at radius 3 is 2.81 bits per heavy atom. The molecule has 1 amide bonds. The molecule has 0 bridgehead atoms. The maximum Gasteiger partial charge on any atom is 0.354 e. The maximum atomic E-state index is 12.4. The number of hydrogen-bond donors (Lipinski definition) is 2. The summed E-state index contributed by atoms with van der Waals surface area (Å²) in [5.74, 6) is -2.07. The number of nitrogens with zero attached hydrogens (tertiary/aromatic N) is 2. The fourth-order valence-corrected chi connectivity index (χ4v) is 4.38. The number of aromatic carboxylic acids is 1. The molecule has 2 N–H and O–H groups in total. The topological polar surface area (TPSA) is 111 Å². The minimum absolute atomic E-state index is 0.0738. The van der Waals surface area contributed by atoms with Gasteiger partial charge in [-0.25, -0.2) is 14.3 Å². The lowest BCUT2D eigenvalue weighted by molar-refractivity contribution is -0.116. The van der Waals surface area contributed by atoms with Crippen LogP contribution in [0.15, 0.2) is 12.3 Å². The maximum absolute atomic E-state index is 12.4. The number of rotatable bonds is 5. The molecule has 0 aliphatic heterocycles. The zero-order chi connectivity index (χ0) is 18.7. The van der Waals surface area contributed by atoms with Gasteiger partial charge in [-0.2, -0.15) is 5.10 Å². The average molecular weight is 377 g/mol. The second kappa shape index (κ2) is 7.69. The summed E-state index contributed by atoms with van der Waals surface area (Å²) >= 11 is 1.39. The first-order chi connectivity index (χ1) is 12.5. The third kappa shape index (κ3) is 3.62. The number of carboxylic acid groups (broad SMARTS) is 1. The van der Waals surface area contributed by atoms with Gasteiger partial charge in [0.05, 0.1) is 12.7 Å². The molecule has 0 fully saturated rings. The molecule has 9 heteroatoms. The van der Waals surface area contributed by atoms with Gasteiger partial charge >= 0.3 is 11.9 Å². The minimum Gasteiger partial charge on any atom is -0.477 e. The van der Waals surface area contributed by atoms with Crippen molar-refractivity contribution >= 4 is 34.2 Å². The number of methoxy groups -OCH3 is 1. The monoisotopic (exact) mass is 377 g/mol. The van der Waals surface area contributed by atoms with Crippen LogP contribution < -0.4 is 5.32 Å². The number of carbonyl (C=O) groups excluding carboxylic acids is 2. The molecule has 138 valence electrons. The van der Waals surface area contributed by atoms with Crippen LogP contribution in [-0.4, -0.2) is 39.8 Å². The number of esters is 1. The normalized spacial score (nSPS) is 13.6. The number of amides is 1. The Morgan fingerprint density at radius 1 is 1.31 bits per heavy atom. The van der Waals surface area contributed by atoms with Gasteiger partial charge in [-0.1, -0.05) is 6.42 Å². The van der Waals surface area contributed by atoms with Crippen LogP contribution in [0.25, 0.3) is 0 Å².